The number of hydrogen-bond acceptors (Lipinski definition) is 5. The van der Waals surface area contributed by atoms with Crippen LogP contribution in [-0.4, -0.2) is 18.4 Å². The van der Waals surface area contributed by atoms with E-state index < -0.39 is 0 Å². The summed E-state index contributed by atoms with van der Waals surface area (Å²) < 4.78 is 16.6. The maximum atomic E-state index is 5.68. The zero-order valence-corrected chi connectivity index (χ0v) is 13.6. The first-order chi connectivity index (χ1) is 11.8. The molecule has 0 aliphatic carbocycles. The van der Waals surface area contributed by atoms with E-state index >= 15 is 0 Å². The number of nitrogens with two attached hydrogens (primary N) is 1. The topological polar surface area (TPSA) is 70.5 Å². The molecule has 1 aromatic heterocycles. The van der Waals surface area contributed by atoms with Crippen molar-refractivity contribution in [2.45, 2.75) is 13.5 Å². The SMILES string of the molecule is Cc1c(CN)noc1-c1ccc(OCCOc2ccccc2)cc1. The molecule has 0 saturated heterocycles. The Kier molecular flexibility index (Phi) is 5.13. The second-order valence-corrected chi connectivity index (χ2v) is 5.32. The van der Waals surface area contributed by atoms with Crippen molar-refractivity contribution in [2.75, 3.05) is 13.2 Å². The van der Waals surface area contributed by atoms with Gasteiger partial charge in [-0.05, 0) is 43.3 Å². The van der Waals surface area contributed by atoms with Crippen LogP contribution in [0, 0.1) is 6.92 Å². The van der Waals surface area contributed by atoms with E-state index in [1.165, 1.54) is 0 Å². The third-order valence-electron chi connectivity index (χ3n) is 3.69. The number of aromatic nitrogens is 1. The molecule has 3 rings (SSSR count). The van der Waals surface area contributed by atoms with Gasteiger partial charge in [0.05, 0.1) is 0 Å². The van der Waals surface area contributed by atoms with Crippen molar-refractivity contribution < 1.29 is 14.0 Å². The Balaban J connectivity index is 1.54. The van der Waals surface area contributed by atoms with Crippen LogP contribution in [-0.2, 0) is 6.54 Å². The van der Waals surface area contributed by atoms with Crippen LogP contribution in [0.2, 0.25) is 0 Å². The number of ether oxygens (including phenoxy) is 2. The molecule has 0 spiro atoms. The number of rotatable bonds is 7. The average molecular weight is 324 g/mol. The molecule has 1 heterocycles. The van der Waals surface area contributed by atoms with Crippen LogP contribution in [0.1, 0.15) is 11.3 Å². The number of nitrogens with zero attached hydrogens (tertiary/aromatic N) is 1. The van der Waals surface area contributed by atoms with Gasteiger partial charge in [0.1, 0.15) is 30.4 Å². The minimum Gasteiger partial charge on any atom is -0.490 e. The Morgan fingerprint density at radius 3 is 2.12 bits per heavy atom. The van der Waals surface area contributed by atoms with Gasteiger partial charge in [0.25, 0.3) is 0 Å². The molecule has 2 N–H and O–H groups in total. The van der Waals surface area contributed by atoms with E-state index in [0.717, 1.165) is 34.1 Å². The lowest BCUT2D eigenvalue weighted by Gasteiger charge is -2.08. The van der Waals surface area contributed by atoms with Crippen LogP contribution in [0.4, 0.5) is 0 Å². The van der Waals surface area contributed by atoms with Crippen LogP contribution < -0.4 is 15.2 Å². The third-order valence-corrected chi connectivity index (χ3v) is 3.69. The highest BCUT2D eigenvalue weighted by atomic mass is 16.5. The van der Waals surface area contributed by atoms with Gasteiger partial charge in [-0.3, -0.25) is 0 Å². The van der Waals surface area contributed by atoms with Gasteiger partial charge in [0, 0.05) is 17.7 Å². The summed E-state index contributed by atoms with van der Waals surface area (Å²) in [6.45, 7) is 3.30. The van der Waals surface area contributed by atoms with Crippen LogP contribution in [0.5, 0.6) is 11.5 Å². The van der Waals surface area contributed by atoms with Crippen LogP contribution in [0.25, 0.3) is 11.3 Å². The standard InChI is InChI=1S/C19H20N2O3/c1-14-18(13-20)21-24-19(14)15-7-9-17(10-8-15)23-12-11-22-16-5-3-2-4-6-16/h2-10H,11-13,20H2,1H3. The summed E-state index contributed by atoms with van der Waals surface area (Å²) in [5, 5.41) is 3.97. The lowest BCUT2D eigenvalue weighted by molar-refractivity contribution is 0.217. The minimum atomic E-state index is 0.373. The van der Waals surface area contributed by atoms with E-state index in [2.05, 4.69) is 5.16 Å². The Morgan fingerprint density at radius 1 is 0.917 bits per heavy atom. The lowest BCUT2D eigenvalue weighted by Crippen LogP contribution is -2.08. The molecule has 124 valence electrons. The van der Waals surface area contributed by atoms with Crippen molar-refractivity contribution >= 4 is 0 Å². The highest BCUT2D eigenvalue weighted by molar-refractivity contribution is 5.62. The fourth-order valence-corrected chi connectivity index (χ4v) is 2.37. The first-order valence-corrected chi connectivity index (χ1v) is 7.84. The monoisotopic (exact) mass is 324 g/mol. The van der Waals surface area contributed by atoms with Gasteiger partial charge in [-0.1, -0.05) is 23.4 Å². The molecule has 0 unspecified atom stereocenters. The molecule has 2 aromatic carbocycles. The molecule has 3 aromatic rings. The second-order valence-electron chi connectivity index (χ2n) is 5.32. The molecular weight excluding hydrogens is 304 g/mol. The first-order valence-electron chi connectivity index (χ1n) is 7.84. The van der Waals surface area contributed by atoms with Crippen molar-refractivity contribution in [1.82, 2.24) is 5.16 Å². The molecule has 24 heavy (non-hydrogen) atoms. The van der Waals surface area contributed by atoms with Gasteiger partial charge < -0.3 is 19.7 Å². The van der Waals surface area contributed by atoms with E-state index in [0.29, 0.717) is 19.8 Å². The smallest absolute Gasteiger partial charge is 0.170 e. The quantitative estimate of drug-likeness (QED) is 0.673. The van der Waals surface area contributed by atoms with Crippen molar-refractivity contribution in [3.63, 3.8) is 0 Å². The fourth-order valence-electron chi connectivity index (χ4n) is 2.37. The highest BCUT2D eigenvalue weighted by Crippen LogP contribution is 2.27. The highest BCUT2D eigenvalue weighted by Gasteiger charge is 2.12. The van der Waals surface area contributed by atoms with Crippen molar-refractivity contribution in [1.29, 1.82) is 0 Å². The van der Waals surface area contributed by atoms with Gasteiger partial charge in [0.15, 0.2) is 5.76 Å². The predicted octanol–water partition coefficient (Wildman–Crippen LogP) is 3.57. The number of hydrogen-bond donors (Lipinski definition) is 1. The summed E-state index contributed by atoms with van der Waals surface area (Å²) in [4.78, 5) is 0. The summed E-state index contributed by atoms with van der Waals surface area (Å²) in [6.07, 6.45) is 0. The molecule has 0 fully saturated rings. The Labute approximate surface area is 141 Å². The normalized spacial score (nSPS) is 10.6. The molecule has 0 atom stereocenters. The van der Waals surface area contributed by atoms with Gasteiger partial charge in [-0.2, -0.15) is 0 Å². The lowest BCUT2D eigenvalue weighted by atomic mass is 10.1. The van der Waals surface area contributed by atoms with E-state index in [1.54, 1.807) is 0 Å². The maximum absolute atomic E-state index is 5.68. The van der Waals surface area contributed by atoms with E-state index in [1.807, 2.05) is 61.5 Å². The zero-order valence-electron chi connectivity index (χ0n) is 13.6. The van der Waals surface area contributed by atoms with E-state index in [4.69, 9.17) is 19.7 Å². The predicted molar refractivity (Wildman–Crippen MR) is 92.0 cm³/mol. The largest absolute Gasteiger partial charge is 0.490 e. The van der Waals surface area contributed by atoms with Crippen LogP contribution in [0.3, 0.4) is 0 Å². The fraction of sp³-hybridized carbons (Fsp3) is 0.211. The molecule has 0 saturated carbocycles. The van der Waals surface area contributed by atoms with Gasteiger partial charge in [-0.25, -0.2) is 0 Å². The van der Waals surface area contributed by atoms with Gasteiger partial charge >= 0.3 is 0 Å². The Morgan fingerprint density at radius 2 is 1.54 bits per heavy atom. The number of benzene rings is 2. The molecule has 0 aliphatic rings. The summed E-state index contributed by atoms with van der Waals surface area (Å²) >= 11 is 0. The molecule has 5 nitrogen and oxygen atoms in total. The zero-order chi connectivity index (χ0) is 16.8. The summed E-state index contributed by atoms with van der Waals surface area (Å²) in [6, 6.07) is 17.4. The van der Waals surface area contributed by atoms with E-state index in [9.17, 15) is 0 Å². The Bertz CT molecular complexity index is 767. The molecule has 0 aliphatic heterocycles. The first kappa shape index (κ1) is 16.1. The number of para-hydroxylation sites is 1. The third kappa shape index (κ3) is 3.75. The van der Waals surface area contributed by atoms with Crippen molar-refractivity contribution in [2.24, 2.45) is 5.73 Å². The second kappa shape index (κ2) is 7.66. The van der Waals surface area contributed by atoms with Crippen molar-refractivity contribution in [3.05, 3.63) is 65.9 Å². The molecular formula is C19H20N2O3. The van der Waals surface area contributed by atoms with Crippen LogP contribution >= 0.6 is 0 Å². The van der Waals surface area contributed by atoms with Gasteiger partial charge in [0.2, 0.25) is 0 Å². The summed E-state index contributed by atoms with van der Waals surface area (Å²) in [5.41, 5.74) is 8.33. The van der Waals surface area contributed by atoms with Gasteiger partial charge in [-0.15, -0.1) is 0 Å². The molecule has 5 heteroatoms. The van der Waals surface area contributed by atoms with Crippen LogP contribution in [0.15, 0.2) is 59.1 Å². The summed E-state index contributed by atoms with van der Waals surface area (Å²) in [7, 11) is 0. The molecule has 0 radical (unpaired) electrons. The molecule has 0 bridgehead atoms. The minimum absolute atomic E-state index is 0.373. The van der Waals surface area contributed by atoms with E-state index in [-0.39, 0.29) is 0 Å². The van der Waals surface area contributed by atoms with Crippen molar-refractivity contribution in [3.8, 4) is 22.8 Å². The molecule has 0 amide bonds. The summed E-state index contributed by atoms with van der Waals surface area (Å²) in [5.74, 6) is 2.37. The maximum Gasteiger partial charge on any atom is 0.170 e. The Hall–Kier alpha value is -2.79. The average Bonchev–Trinajstić information content (AvgIpc) is 3.01.